The van der Waals surface area contributed by atoms with Gasteiger partial charge in [-0.1, -0.05) is 49.1 Å². The maximum atomic E-state index is 12.9. The number of aromatic nitrogens is 1. The molecule has 45 heavy (non-hydrogen) atoms. The van der Waals surface area contributed by atoms with Crippen molar-refractivity contribution in [1.82, 2.24) is 10.3 Å². The van der Waals surface area contributed by atoms with Gasteiger partial charge in [0.1, 0.15) is 11.6 Å². The summed E-state index contributed by atoms with van der Waals surface area (Å²) in [7, 11) is 3.39. The highest BCUT2D eigenvalue weighted by Crippen LogP contribution is 2.34. The molecule has 3 rings (SSSR count). The Balaban J connectivity index is 1.77. The van der Waals surface area contributed by atoms with Crippen LogP contribution in [0.5, 0.6) is 11.5 Å². The Morgan fingerprint density at radius 2 is 1.71 bits per heavy atom. The normalized spacial score (nSPS) is 12.3. The molecule has 0 bridgehead atoms. The van der Waals surface area contributed by atoms with Crippen LogP contribution < -0.4 is 15.8 Å². The number of ether oxygens (including phenoxy) is 1. The molecule has 0 aliphatic heterocycles. The largest absolute Gasteiger partial charge is 0.504 e. The highest BCUT2D eigenvalue weighted by atomic mass is 16.5. The molecule has 8 nitrogen and oxygen atoms in total. The zero-order valence-electron chi connectivity index (χ0n) is 27.4. The van der Waals surface area contributed by atoms with E-state index >= 15 is 0 Å². The summed E-state index contributed by atoms with van der Waals surface area (Å²) in [6.45, 7) is 6.89. The van der Waals surface area contributed by atoms with Crippen LogP contribution in [0.25, 0.3) is 5.57 Å². The highest BCUT2D eigenvalue weighted by molar-refractivity contribution is 6.07. The molecule has 1 aromatic heterocycles. The summed E-state index contributed by atoms with van der Waals surface area (Å²) in [5.74, 6) is 0.726. The summed E-state index contributed by atoms with van der Waals surface area (Å²) in [6.07, 6.45) is 8.03. The lowest BCUT2D eigenvalue weighted by molar-refractivity contribution is -0.124. The number of aryl methyl sites for hydroxylation is 2. The number of unbranched alkanes of at least 4 members (excludes halogenated alkanes) is 2. The minimum absolute atomic E-state index is 0.0609. The summed E-state index contributed by atoms with van der Waals surface area (Å²) in [5.41, 5.74) is 13.1. The van der Waals surface area contributed by atoms with E-state index < -0.39 is 6.61 Å². The summed E-state index contributed by atoms with van der Waals surface area (Å²) in [5, 5.41) is 24.1. The molecule has 0 radical (unpaired) electrons. The van der Waals surface area contributed by atoms with Crippen LogP contribution in [-0.4, -0.2) is 54.1 Å². The van der Waals surface area contributed by atoms with Crippen molar-refractivity contribution < 1.29 is 24.5 Å². The number of anilines is 1. The Bertz CT molecular complexity index is 1480. The van der Waals surface area contributed by atoms with Crippen LogP contribution in [0, 0.1) is 19.8 Å². The molecular formula is C37H49N3O5. The topological polar surface area (TPSA) is 135 Å². The van der Waals surface area contributed by atoms with E-state index in [4.69, 9.17) is 10.5 Å². The summed E-state index contributed by atoms with van der Waals surface area (Å²) in [4.78, 5) is 29.9. The van der Waals surface area contributed by atoms with Gasteiger partial charge >= 0.3 is 0 Å². The third kappa shape index (κ3) is 11.1. The number of aromatic hydroxyl groups is 1. The first-order valence-electron chi connectivity index (χ1n) is 15.7. The number of aliphatic hydroxyl groups excluding tert-OH is 1. The molecule has 242 valence electrons. The zero-order chi connectivity index (χ0) is 32.9. The molecule has 0 aliphatic carbocycles. The number of nitrogen functional groups attached to an aromatic ring is 1. The fraction of sp³-hybridized carbons (Fsp3) is 0.432. The minimum atomic E-state index is -0.427. The fourth-order valence-corrected chi connectivity index (χ4v) is 5.82. The van der Waals surface area contributed by atoms with Crippen LogP contribution >= 0.6 is 0 Å². The zero-order valence-corrected chi connectivity index (χ0v) is 27.4. The van der Waals surface area contributed by atoms with Gasteiger partial charge in [-0.25, -0.2) is 4.98 Å². The van der Waals surface area contributed by atoms with E-state index in [1.54, 1.807) is 18.3 Å². The van der Waals surface area contributed by atoms with Crippen molar-refractivity contribution in [2.24, 2.45) is 5.92 Å². The molecule has 0 unspecified atom stereocenters. The molecule has 0 saturated carbocycles. The predicted octanol–water partition coefficient (Wildman–Crippen LogP) is 5.89. The van der Waals surface area contributed by atoms with Crippen molar-refractivity contribution in [2.75, 3.05) is 33.0 Å². The Morgan fingerprint density at radius 1 is 1.00 bits per heavy atom. The number of hydrogen-bond acceptors (Lipinski definition) is 8. The van der Waals surface area contributed by atoms with E-state index in [9.17, 15) is 19.8 Å². The maximum Gasteiger partial charge on any atom is 0.163 e. The Hall–Kier alpha value is -4.01. The van der Waals surface area contributed by atoms with Gasteiger partial charge in [0.2, 0.25) is 0 Å². The first-order valence-corrected chi connectivity index (χ1v) is 15.7. The molecule has 1 atom stereocenters. The lowest BCUT2D eigenvalue weighted by Gasteiger charge is -2.16. The van der Waals surface area contributed by atoms with Gasteiger partial charge in [0, 0.05) is 19.0 Å². The molecule has 3 aromatic rings. The lowest BCUT2D eigenvalue weighted by Crippen LogP contribution is -2.15. The van der Waals surface area contributed by atoms with Gasteiger partial charge in [-0.3, -0.25) is 9.59 Å². The van der Waals surface area contributed by atoms with E-state index in [2.05, 4.69) is 49.3 Å². The van der Waals surface area contributed by atoms with Crippen molar-refractivity contribution in [3.8, 4) is 11.5 Å². The second-order valence-corrected chi connectivity index (χ2v) is 12.2. The number of rotatable bonds is 18. The van der Waals surface area contributed by atoms with E-state index in [1.165, 1.54) is 24.3 Å². The number of benzene rings is 2. The number of nitrogens with one attached hydrogen (secondary N) is 1. The van der Waals surface area contributed by atoms with Crippen LogP contribution in [0.4, 0.5) is 5.82 Å². The first kappa shape index (κ1) is 35.5. The standard InChI is InChI=1S/C37H49N3O5/c1-24(21-39-4)9-7-6-8-10-32(42)19-33(43)17-31(23-41)34-20-36(45-5)35(44)18-29(34)15-28-16-30(37(38)40-22-28)14-27-12-25(2)11-26(3)13-27/h11-13,16-18,20,22,24,39,41,44H,6-10,14-15,19,21,23H2,1-5H3,(H2,38,40)/t24-/m1/s1. The quantitative estimate of drug-likeness (QED) is 0.0791. The van der Waals surface area contributed by atoms with Gasteiger partial charge in [-0.15, -0.1) is 0 Å². The minimum Gasteiger partial charge on any atom is -0.504 e. The van der Waals surface area contributed by atoms with Crippen molar-refractivity contribution in [3.63, 3.8) is 0 Å². The Kier molecular flexibility index (Phi) is 13.8. The number of pyridine rings is 1. The first-order chi connectivity index (χ1) is 21.5. The average Bonchev–Trinajstić information content (AvgIpc) is 2.97. The van der Waals surface area contributed by atoms with E-state index in [1.807, 2.05) is 13.1 Å². The number of allylic oxidation sites excluding steroid dienone is 1. The van der Waals surface area contributed by atoms with Crippen molar-refractivity contribution in [2.45, 2.75) is 72.1 Å². The number of carbonyl (C=O) groups is 2. The third-order valence-corrected chi connectivity index (χ3v) is 7.96. The van der Waals surface area contributed by atoms with Crippen LogP contribution in [0.3, 0.4) is 0 Å². The smallest absolute Gasteiger partial charge is 0.163 e. The molecule has 2 aromatic carbocycles. The molecule has 1 heterocycles. The second kappa shape index (κ2) is 17.5. The summed E-state index contributed by atoms with van der Waals surface area (Å²) in [6, 6.07) is 11.6. The highest BCUT2D eigenvalue weighted by Gasteiger charge is 2.17. The number of ketones is 2. The summed E-state index contributed by atoms with van der Waals surface area (Å²) >= 11 is 0. The van der Waals surface area contributed by atoms with Gasteiger partial charge < -0.3 is 26.0 Å². The second-order valence-electron chi connectivity index (χ2n) is 12.2. The Labute approximate surface area is 267 Å². The number of hydrogen-bond donors (Lipinski definition) is 4. The number of carbonyl (C=O) groups excluding carboxylic acids is 2. The van der Waals surface area contributed by atoms with Gasteiger partial charge in [0.15, 0.2) is 17.3 Å². The van der Waals surface area contributed by atoms with Crippen molar-refractivity contribution in [3.05, 3.63) is 87.6 Å². The molecule has 0 spiro atoms. The molecule has 5 N–H and O–H groups in total. The van der Waals surface area contributed by atoms with E-state index in [0.717, 1.165) is 48.9 Å². The molecule has 0 aliphatic rings. The van der Waals surface area contributed by atoms with Crippen LogP contribution in [-0.2, 0) is 22.4 Å². The summed E-state index contributed by atoms with van der Waals surface area (Å²) < 4.78 is 5.34. The number of nitrogens with zero attached hydrogens (tertiary/aromatic N) is 1. The fourth-order valence-electron chi connectivity index (χ4n) is 5.82. The maximum absolute atomic E-state index is 12.9. The van der Waals surface area contributed by atoms with Crippen LogP contribution in [0.2, 0.25) is 0 Å². The van der Waals surface area contributed by atoms with Crippen molar-refractivity contribution in [1.29, 1.82) is 0 Å². The average molecular weight is 616 g/mol. The monoisotopic (exact) mass is 615 g/mol. The third-order valence-electron chi connectivity index (χ3n) is 7.96. The molecule has 0 saturated heterocycles. The van der Waals surface area contributed by atoms with Gasteiger partial charge in [-0.05, 0) is 110 Å². The number of Topliss-reactive ketones (excluding diaryl/α,β-unsaturated/α-hetero) is 1. The number of phenolic OH excluding ortho intramolecular Hbond substituents is 1. The van der Waals surface area contributed by atoms with Gasteiger partial charge in [0.25, 0.3) is 0 Å². The van der Waals surface area contributed by atoms with Crippen LogP contribution in [0.15, 0.2) is 48.7 Å². The van der Waals surface area contributed by atoms with Gasteiger partial charge in [0.05, 0.1) is 20.1 Å². The molecule has 8 heteroatoms. The van der Waals surface area contributed by atoms with Crippen molar-refractivity contribution >= 4 is 23.0 Å². The predicted molar refractivity (Wildman–Crippen MR) is 181 cm³/mol. The number of aliphatic hydroxyl groups is 1. The van der Waals surface area contributed by atoms with Gasteiger partial charge in [-0.2, -0.15) is 0 Å². The number of methoxy groups -OCH3 is 1. The molecular weight excluding hydrogens is 566 g/mol. The number of nitrogens with two attached hydrogens (primary N) is 1. The molecule has 0 fully saturated rings. The van der Waals surface area contributed by atoms with E-state index in [0.29, 0.717) is 47.7 Å². The lowest BCUT2D eigenvalue weighted by atomic mass is 9.92. The number of phenols is 1. The SMILES string of the molecule is CNC[C@H](C)CCCCCC(=O)CC(=O)C=C(CO)c1cc(OC)c(O)cc1Cc1cnc(N)c(Cc2cc(C)cc(C)c2)c1. The Morgan fingerprint density at radius 3 is 2.38 bits per heavy atom. The molecule has 0 amide bonds. The van der Waals surface area contributed by atoms with E-state index in [-0.39, 0.29) is 29.5 Å². The van der Waals surface area contributed by atoms with Crippen LogP contribution in [0.1, 0.15) is 84.4 Å².